The zero-order valence-electron chi connectivity index (χ0n) is 31.8. The molecular formula is C54H38N2O. The van der Waals surface area contributed by atoms with Crippen molar-refractivity contribution in [2.75, 3.05) is 0 Å². The Morgan fingerprint density at radius 2 is 0.930 bits per heavy atom. The third kappa shape index (κ3) is 4.92. The molecule has 0 saturated carbocycles. The van der Waals surface area contributed by atoms with E-state index in [-0.39, 0.29) is 5.41 Å². The third-order valence-corrected chi connectivity index (χ3v) is 12.3. The normalized spacial score (nSPS) is 14.2. The number of hydrogen-bond acceptors (Lipinski definition) is 3. The second-order valence-electron chi connectivity index (χ2n) is 15.6. The van der Waals surface area contributed by atoms with E-state index in [0.29, 0.717) is 5.82 Å². The van der Waals surface area contributed by atoms with Gasteiger partial charge in [-0.25, -0.2) is 9.97 Å². The second kappa shape index (κ2) is 12.7. The molecule has 0 atom stereocenters. The molecule has 1 aliphatic heterocycles. The highest BCUT2D eigenvalue weighted by atomic mass is 16.5. The Kier molecular flexibility index (Phi) is 7.42. The van der Waals surface area contributed by atoms with Gasteiger partial charge in [-0.05, 0) is 50.7 Å². The Labute approximate surface area is 333 Å². The van der Waals surface area contributed by atoms with Crippen LogP contribution in [0.1, 0.15) is 47.2 Å². The molecule has 8 aromatic carbocycles. The van der Waals surface area contributed by atoms with Crippen molar-refractivity contribution in [1.29, 1.82) is 0 Å². The van der Waals surface area contributed by atoms with Gasteiger partial charge in [0, 0.05) is 38.8 Å². The smallest absolute Gasteiger partial charge is 0.161 e. The van der Waals surface area contributed by atoms with Crippen LogP contribution >= 0.6 is 0 Å². The summed E-state index contributed by atoms with van der Waals surface area (Å²) >= 11 is 0. The van der Waals surface area contributed by atoms with E-state index in [4.69, 9.17) is 14.7 Å². The van der Waals surface area contributed by atoms with Crippen LogP contribution in [0.25, 0.3) is 55.8 Å². The Hall–Kier alpha value is -7.10. The van der Waals surface area contributed by atoms with Gasteiger partial charge in [0.1, 0.15) is 11.5 Å². The average molecular weight is 731 g/mol. The molecule has 9 aromatic rings. The van der Waals surface area contributed by atoms with Crippen LogP contribution in [0.15, 0.2) is 194 Å². The fraction of sp³-hybridized carbons (Fsp3) is 0.0741. The van der Waals surface area contributed by atoms with Crippen molar-refractivity contribution in [1.82, 2.24) is 9.97 Å². The molecule has 0 radical (unpaired) electrons. The van der Waals surface area contributed by atoms with Gasteiger partial charge in [0.25, 0.3) is 0 Å². The van der Waals surface area contributed by atoms with Crippen LogP contribution in [0, 0.1) is 0 Å². The van der Waals surface area contributed by atoms with Crippen molar-refractivity contribution in [3.05, 3.63) is 228 Å². The fourth-order valence-electron chi connectivity index (χ4n) is 9.68. The van der Waals surface area contributed by atoms with E-state index >= 15 is 0 Å². The summed E-state index contributed by atoms with van der Waals surface area (Å²) in [6.45, 7) is 4.71. The van der Waals surface area contributed by atoms with Gasteiger partial charge in [-0.2, -0.15) is 0 Å². The average Bonchev–Trinajstić information content (AvgIpc) is 3.28. The molecule has 2 aliphatic rings. The number of nitrogens with zero attached hydrogens (tertiary/aromatic N) is 2. The van der Waals surface area contributed by atoms with E-state index in [1.54, 1.807) is 0 Å². The lowest BCUT2D eigenvalue weighted by atomic mass is 9.53. The van der Waals surface area contributed by atoms with Gasteiger partial charge < -0.3 is 4.74 Å². The summed E-state index contributed by atoms with van der Waals surface area (Å²) in [6, 6.07) is 69.2. The van der Waals surface area contributed by atoms with Crippen molar-refractivity contribution >= 4 is 10.8 Å². The summed E-state index contributed by atoms with van der Waals surface area (Å²) < 4.78 is 7.16. The maximum atomic E-state index is 7.16. The van der Waals surface area contributed by atoms with Crippen molar-refractivity contribution < 1.29 is 4.74 Å². The first-order valence-electron chi connectivity index (χ1n) is 19.7. The number of fused-ring (bicyclic) bond motifs is 9. The lowest BCUT2D eigenvalue weighted by Gasteiger charge is -2.50. The first-order chi connectivity index (χ1) is 28.0. The van der Waals surface area contributed by atoms with Gasteiger partial charge >= 0.3 is 0 Å². The molecule has 1 aliphatic carbocycles. The number of hydrogen-bond donors (Lipinski definition) is 0. The Morgan fingerprint density at radius 1 is 0.404 bits per heavy atom. The number of benzene rings is 8. The van der Waals surface area contributed by atoms with Crippen molar-refractivity contribution in [2.24, 2.45) is 0 Å². The highest BCUT2D eigenvalue weighted by Crippen LogP contribution is 2.62. The summed E-state index contributed by atoms with van der Waals surface area (Å²) in [6.07, 6.45) is 0. The topological polar surface area (TPSA) is 35.0 Å². The SMILES string of the molecule is CC1(C)c2ccccc2C2(c3ccccc3Oc3c(-c4ccccc4-c4nc(-c5ccccc5)cc(-c5cccc6ccccc56)n4)cccc32)c2ccccc21. The maximum Gasteiger partial charge on any atom is 0.161 e. The molecule has 0 bridgehead atoms. The predicted octanol–water partition coefficient (Wildman–Crippen LogP) is 13.4. The molecule has 270 valence electrons. The first kappa shape index (κ1) is 33.3. The fourth-order valence-corrected chi connectivity index (χ4v) is 9.68. The predicted molar refractivity (Wildman–Crippen MR) is 232 cm³/mol. The van der Waals surface area contributed by atoms with Crippen LogP contribution in [0.2, 0.25) is 0 Å². The molecule has 0 N–H and O–H groups in total. The third-order valence-electron chi connectivity index (χ3n) is 12.3. The molecule has 1 aromatic heterocycles. The molecule has 57 heavy (non-hydrogen) atoms. The zero-order chi connectivity index (χ0) is 38.1. The quantitative estimate of drug-likeness (QED) is 0.181. The highest BCUT2D eigenvalue weighted by molar-refractivity contribution is 5.97. The number of rotatable bonds is 4. The standard InChI is InChI=1S/C54H38N2O/c1-53(2)42-27-10-12-29-44(42)54(45-30-13-11-28-43(45)53)46-31-14-15-33-50(46)57-51-40(26-17-32-47(51)54)38-23-8-9-24-41(38)52-55-48(36-19-4-3-5-20-36)34-49(56-52)39-25-16-21-35-18-6-7-22-37(35)39/h3-34H,1-2H3. The van der Waals surface area contributed by atoms with Crippen LogP contribution in [0.4, 0.5) is 0 Å². The zero-order valence-corrected chi connectivity index (χ0v) is 31.8. The number of aromatic nitrogens is 2. The lowest BCUT2D eigenvalue weighted by molar-refractivity contribution is 0.427. The van der Waals surface area contributed by atoms with Crippen molar-refractivity contribution in [3.8, 4) is 56.5 Å². The number of para-hydroxylation sites is 2. The van der Waals surface area contributed by atoms with Crippen LogP contribution in [0.3, 0.4) is 0 Å². The molecular weight excluding hydrogens is 693 g/mol. The monoisotopic (exact) mass is 730 g/mol. The summed E-state index contributed by atoms with van der Waals surface area (Å²) in [5, 5.41) is 2.33. The second-order valence-corrected chi connectivity index (χ2v) is 15.6. The van der Waals surface area contributed by atoms with E-state index in [2.05, 4.69) is 202 Å². The molecule has 0 amide bonds. The molecule has 0 unspecified atom stereocenters. The van der Waals surface area contributed by atoms with Crippen LogP contribution in [-0.2, 0) is 10.8 Å². The Morgan fingerprint density at radius 3 is 1.70 bits per heavy atom. The van der Waals surface area contributed by atoms with Gasteiger partial charge in [-0.3, -0.25) is 0 Å². The van der Waals surface area contributed by atoms with Crippen LogP contribution in [-0.4, -0.2) is 9.97 Å². The summed E-state index contributed by atoms with van der Waals surface area (Å²) in [5.74, 6) is 2.37. The van der Waals surface area contributed by atoms with E-state index in [1.165, 1.54) is 27.6 Å². The van der Waals surface area contributed by atoms with Crippen molar-refractivity contribution in [2.45, 2.75) is 24.7 Å². The molecule has 3 nitrogen and oxygen atoms in total. The van der Waals surface area contributed by atoms with Gasteiger partial charge in [0.2, 0.25) is 0 Å². The summed E-state index contributed by atoms with van der Waals surface area (Å²) in [7, 11) is 0. The summed E-state index contributed by atoms with van der Waals surface area (Å²) in [5.41, 5.74) is 13.5. The first-order valence-corrected chi connectivity index (χ1v) is 19.7. The minimum Gasteiger partial charge on any atom is -0.456 e. The highest BCUT2D eigenvalue weighted by Gasteiger charge is 2.53. The Balaban J connectivity index is 1.18. The summed E-state index contributed by atoms with van der Waals surface area (Å²) in [4.78, 5) is 10.7. The van der Waals surface area contributed by atoms with Gasteiger partial charge in [-0.1, -0.05) is 196 Å². The van der Waals surface area contributed by atoms with Crippen LogP contribution in [0.5, 0.6) is 11.5 Å². The van der Waals surface area contributed by atoms with E-state index in [0.717, 1.165) is 67.2 Å². The molecule has 0 fully saturated rings. The largest absolute Gasteiger partial charge is 0.456 e. The number of ether oxygens (including phenoxy) is 1. The van der Waals surface area contributed by atoms with E-state index in [9.17, 15) is 0 Å². The molecule has 3 heteroatoms. The molecule has 2 heterocycles. The minimum atomic E-state index is -0.608. The van der Waals surface area contributed by atoms with E-state index in [1.807, 2.05) is 6.07 Å². The molecule has 0 saturated heterocycles. The van der Waals surface area contributed by atoms with Gasteiger partial charge in [0.05, 0.1) is 16.8 Å². The van der Waals surface area contributed by atoms with Gasteiger partial charge in [0.15, 0.2) is 5.82 Å². The van der Waals surface area contributed by atoms with E-state index < -0.39 is 5.41 Å². The van der Waals surface area contributed by atoms with Crippen LogP contribution < -0.4 is 4.74 Å². The molecule has 1 spiro atoms. The maximum absolute atomic E-state index is 7.16. The molecule has 11 rings (SSSR count). The minimum absolute atomic E-state index is 0.195. The Bertz CT molecular complexity index is 2980. The van der Waals surface area contributed by atoms with Crippen molar-refractivity contribution in [3.63, 3.8) is 0 Å². The van der Waals surface area contributed by atoms with Gasteiger partial charge in [-0.15, -0.1) is 0 Å². The lowest BCUT2D eigenvalue weighted by Crippen LogP contribution is -2.43.